The van der Waals surface area contributed by atoms with Crippen molar-refractivity contribution in [2.75, 3.05) is 18.1 Å². The standard InChI is InChI=1S/C13H18N2O2S/c1-10-4-5-11(12(8-10)15(16)17)14-9-13(18-2)6-3-7-13/h4-5,8,14H,3,6-7,9H2,1-2H3. The number of hydrogen-bond acceptors (Lipinski definition) is 4. The smallest absolute Gasteiger partial charge is 0.292 e. The molecule has 4 nitrogen and oxygen atoms in total. The number of nitrogens with one attached hydrogen (secondary N) is 1. The van der Waals surface area contributed by atoms with Crippen LogP contribution in [0.3, 0.4) is 0 Å². The Morgan fingerprint density at radius 1 is 1.50 bits per heavy atom. The summed E-state index contributed by atoms with van der Waals surface area (Å²) in [5.74, 6) is 0. The molecule has 0 heterocycles. The third-order valence-corrected chi connectivity index (χ3v) is 5.07. The summed E-state index contributed by atoms with van der Waals surface area (Å²) in [6.07, 6.45) is 5.77. The summed E-state index contributed by atoms with van der Waals surface area (Å²) in [4.78, 5) is 10.7. The minimum Gasteiger partial charge on any atom is -0.378 e. The van der Waals surface area contributed by atoms with E-state index in [0.717, 1.165) is 12.1 Å². The van der Waals surface area contributed by atoms with Crippen LogP contribution in [-0.4, -0.2) is 22.5 Å². The molecule has 0 radical (unpaired) electrons. The molecular weight excluding hydrogens is 248 g/mol. The number of nitro benzene ring substituents is 1. The molecule has 1 fully saturated rings. The first-order chi connectivity index (χ1) is 8.56. The summed E-state index contributed by atoms with van der Waals surface area (Å²) in [5.41, 5.74) is 1.71. The molecule has 0 aromatic heterocycles. The topological polar surface area (TPSA) is 55.2 Å². The van der Waals surface area contributed by atoms with Gasteiger partial charge in [-0.3, -0.25) is 10.1 Å². The maximum Gasteiger partial charge on any atom is 0.292 e. The van der Waals surface area contributed by atoms with Crippen LogP contribution in [0.1, 0.15) is 24.8 Å². The SMILES string of the molecule is CSC1(CNc2ccc(C)cc2[N+](=O)[O-])CCC1. The Hall–Kier alpha value is -1.23. The van der Waals surface area contributed by atoms with Gasteiger partial charge in [0.2, 0.25) is 0 Å². The van der Waals surface area contributed by atoms with Crippen molar-refractivity contribution in [1.82, 2.24) is 0 Å². The maximum absolute atomic E-state index is 11.0. The molecule has 5 heteroatoms. The van der Waals surface area contributed by atoms with Crippen LogP contribution < -0.4 is 5.32 Å². The van der Waals surface area contributed by atoms with Crippen LogP contribution in [0.2, 0.25) is 0 Å². The lowest BCUT2D eigenvalue weighted by molar-refractivity contribution is -0.384. The van der Waals surface area contributed by atoms with Gasteiger partial charge < -0.3 is 5.32 Å². The first-order valence-corrected chi connectivity index (χ1v) is 7.33. The van der Waals surface area contributed by atoms with Crippen LogP contribution in [0.4, 0.5) is 11.4 Å². The van der Waals surface area contributed by atoms with E-state index in [-0.39, 0.29) is 15.4 Å². The zero-order valence-electron chi connectivity index (χ0n) is 10.7. The number of thioether (sulfide) groups is 1. The van der Waals surface area contributed by atoms with Gasteiger partial charge >= 0.3 is 0 Å². The van der Waals surface area contributed by atoms with Gasteiger partial charge in [-0.2, -0.15) is 11.8 Å². The van der Waals surface area contributed by atoms with Gasteiger partial charge in [-0.15, -0.1) is 0 Å². The van der Waals surface area contributed by atoms with Gasteiger partial charge in [0, 0.05) is 17.4 Å². The number of nitro groups is 1. The van der Waals surface area contributed by atoms with Gasteiger partial charge in [0.15, 0.2) is 0 Å². The molecule has 0 saturated heterocycles. The predicted molar refractivity (Wildman–Crippen MR) is 76.4 cm³/mol. The van der Waals surface area contributed by atoms with Crippen molar-refractivity contribution in [3.8, 4) is 0 Å². The fourth-order valence-corrected chi connectivity index (χ4v) is 3.14. The Balaban J connectivity index is 2.11. The van der Waals surface area contributed by atoms with Gasteiger partial charge in [0.05, 0.1) is 4.92 Å². The van der Waals surface area contributed by atoms with Crippen LogP contribution in [0, 0.1) is 17.0 Å². The molecule has 0 amide bonds. The van der Waals surface area contributed by atoms with Crippen molar-refractivity contribution >= 4 is 23.1 Å². The minimum atomic E-state index is -0.318. The first kappa shape index (κ1) is 13.2. The van der Waals surface area contributed by atoms with Crippen LogP contribution in [0.15, 0.2) is 18.2 Å². The third kappa shape index (κ3) is 2.61. The number of aryl methyl sites for hydroxylation is 1. The molecule has 18 heavy (non-hydrogen) atoms. The molecule has 98 valence electrons. The quantitative estimate of drug-likeness (QED) is 0.653. The van der Waals surface area contributed by atoms with E-state index < -0.39 is 0 Å². The fraction of sp³-hybridized carbons (Fsp3) is 0.538. The second kappa shape index (κ2) is 5.18. The van der Waals surface area contributed by atoms with Crippen molar-refractivity contribution < 1.29 is 4.92 Å². The summed E-state index contributed by atoms with van der Waals surface area (Å²) in [7, 11) is 0. The Labute approximate surface area is 111 Å². The highest BCUT2D eigenvalue weighted by Crippen LogP contribution is 2.43. The first-order valence-electron chi connectivity index (χ1n) is 6.10. The molecule has 1 aromatic rings. The minimum absolute atomic E-state index is 0.172. The zero-order valence-corrected chi connectivity index (χ0v) is 11.5. The monoisotopic (exact) mass is 266 g/mol. The van der Waals surface area contributed by atoms with Crippen molar-refractivity contribution in [3.05, 3.63) is 33.9 Å². The van der Waals surface area contributed by atoms with E-state index in [9.17, 15) is 10.1 Å². The lowest BCUT2D eigenvalue weighted by Crippen LogP contribution is -2.40. The van der Waals surface area contributed by atoms with Gasteiger partial charge in [-0.05, 0) is 37.7 Å². The Morgan fingerprint density at radius 2 is 2.22 bits per heavy atom. The Morgan fingerprint density at radius 3 is 2.72 bits per heavy atom. The molecule has 1 saturated carbocycles. The largest absolute Gasteiger partial charge is 0.378 e. The summed E-state index contributed by atoms with van der Waals surface area (Å²) in [6.45, 7) is 2.67. The number of benzene rings is 1. The second-order valence-electron chi connectivity index (χ2n) is 4.87. The predicted octanol–water partition coefficient (Wildman–Crippen LogP) is 3.60. The van der Waals surface area contributed by atoms with Crippen molar-refractivity contribution in [1.29, 1.82) is 0 Å². The van der Waals surface area contributed by atoms with E-state index in [1.54, 1.807) is 12.1 Å². The van der Waals surface area contributed by atoms with E-state index in [0.29, 0.717) is 5.69 Å². The molecule has 2 rings (SSSR count). The third-order valence-electron chi connectivity index (χ3n) is 3.65. The molecule has 0 aliphatic heterocycles. The Kier molecular flexibility index (Phi) is 3.80. The van der Waals surface area contributed by atoms with E-state index in [1.165, 1.54) is 19.3 Å². The molecule has 1 aliphatic carbocycles. The van der Waals surface area contributed by atoms with Crippen molar-refractivity contribution in [2.45, 2.75) is 30.9 Å². The Bertz CT molecular complexity index is 453. The average molecular weight is 266 g/mol. The molecule has 0 bridgehead atoms. The molecular formula is C13H18N2O2S. The summed E-state index contributed by atoms with van der Waals surface area (Å²) < 4.78 is 0.277. The summed E-state index contributed by atoms with van der Waals surface area (Å²) in [5, 5.41) is 14.3. The van der Waals surface area contributed by atoms with E-state index in [4.69, 9.17) is 0 Å². The number of anilines is 1. The maximum atomic E-state index is 11.0. The summed E-state index contributed by atoms with van der Waals surface area (Å²) >= 11 is 1.86. The highest BCUT2D eigenvalue weighted by molar-refractivity contribution is 8.00. The molecule has 0 unspecified atom stereocenters. The van der Waals surface area contributed by atoms with Crippen LogP contribution >= 0.6 is 11.8 Å². The van der Waals surface area contributed by atoms with Gasteiger partial charge in [-0.1, -0.05) is 12.5 Å². The molecule has 0 atom stereocenters. The van der Waals surface area contributed by atoms with Gasteiger partial charge in [0.25, 0.3) is 5.69 Å². The molecule has 1 aromatic carbocycles. The van der Waals surface area contributed by atoms with Crippen LogP contribution in [0.5, 0.6) is 0 Å². The zero-order chi connectivity index (χ0) is 13.2. The lowest BCUT2D eigenvalue weighted by atomic mass is 9.84. The van der Waals surface area contributed by atoms with Gasteiger partial charge in [-0.25, -0.2) is 0 Å². The van der Waals surface area contributed by atoms with E-state index in [2.05, 4.69) is 11.6 Å². The van der Waals surface area contributed by atoms with Crippen molar-refractivity contribution in [2.24, 2.45) is 0 Å². The highest BCUT2D eigenvalue weighted by Gasteiger charge is 2.36. The van der Waals surface area contributed by atoms with Gasteiger partial charge in [0.1, 0.15) is 5.69 Å². The molecule has 1 N–H and O–H groups in total. The van der Waals surface area contributed by atoms with Crippen molar-refractivity contribution in [3.63, 3.8) is 0 Å². The van der Waals surface area contributed by atoms with E-state index in [1.807, 2.05) is 24.8 Å². The number of rotatable bonds is 5. The number of nitrogens with zero attached hydrogens (tertiary/aromatic N) is 1. The van der Waals surface area contributed by atoms with E-state index >= 15 is 0 Å². The normalized spacial score (nSPS) is 17.0. The van der Waals surface area contributed by atoms with Crippen LogP contribution in [0.25, 0.3) is 0 Å². The highest BCUT2D eigenvalue weighted by atomic mass is 32.2. The molecule has 0 spiro atoms. The lowest BCUT2D eigenvalue weighted by Gasteiger charge is -2.40. The fourth-order valence-electron chi connectivity index (χ4n) is 2.22. The summed E-state index contributed by atoms with van der Waals surface area (Å²) in [6, 6.07) is 5.33. The number of hydrogen-bond donors (Lipinski definition) is 1. The average Bonchev–Trinajstić information content (AvgIpc) is 2.29. The molecule has 1 aliphatic rings. The van der Waals surface area contributed by atoms with Crippen LogP contribution in [-0.2, 0) is 0 Å². The second-order valence-corrected chi connectivity index (χ2v) is 6.15.